The van der Waals surface area contributed by atoms with Gasteiger partial charge < -0.3 is 9.64 Å². The number of aromatic nitrogens is 2. The third-order valence-electron chi connectivity index (χ3n) is 6.17. The van der Waals surface area contributed by atoms with E-state index in [1.54, 1.807) is 0 Å². The second kappa shape index (κ2) is 10.1. The van der Waals surface area contributed by atoms with Gasteiger partial charge in [0.05, 0.1) is 29.1 Å². The third-order valence-corrected chi connectivity index (χ3v) is 6.17. The fourth-order valence-electron chi connectivity index (χ4n) is 4.44. The van der Waals surface area contributed by atoms with Crippen LogP contribution >= 0.6 is 0 Å². The van der Waals surface area contributed by atoms with Gasteiger partial charge in [-0.1, -0.05) is 6.42 Å². The minimum Gasteiger partial charge on any atom is -0.445 e. The van der Waals surface area contributed by atoms with Crippen LogP contribution in [0, 0.1) is 0 Å². The standard InChI is InChI=1S/C23H26F6N4O2/c24-22(25,26)17-9-16(10-18(11-17)23(27,28)29)15-35-21(34)32-7-4-8-33-20(14-32)12-19(30-33)13-31-5-2-1-3-6-31/h9-12H,1-8,13-15H2. The number of halogens is 6. The van der Waals surface area contributed by atoms with Gasteiger partial charge >= 0.3 is 18.4 Å². The first-order valence-corrected chi connectivity index (χ1v) is 11.5. The Labute approximate surface area is 198 Å². The number of ether oxygens (including phenoxy) is 1. The predicted molar refractivity (Wildman–Crippen MR) is 113 cm³/mol. The van der Waals surface area contributed by atoms with Gasteiger partial charge in [0.2, 0.25) is 0 Å². The highest BCUT2D eigenvalue weighted by Gasteiger charge is 2.37. The second-order valence-corrected chi connectivity index (χ2v) is 8.93. The summed E-state index contributed by atoms with van der Waals surface area (Å²) in [6, 6.07) is 3.10. The van der Waals surface area contributed by atoms with Crippen LogP contribution < -0.4 is 0 Å². The van der Waals surface area contributed by atoms with E-state index in [2.05, 4.69) is 10.00 Å². The number of nitrogens with zero attached hydrogens (tertiary/aromatic N) is 4. The van der Waals surface area contributed by atoms with E-state index >= 15 is 0 Å². The lowest BCUT2D eigenvalue weighted by Gasteiger charge is -2.25. The average molecular weight is 504 g/mol. The number of carbonyl (C=O) groups is 1. The van der Waals surface area contributed by atoms with Crippen LogP contribution in [0.3, 0.4) is 0 Å². The lowest BCUT2D eigenvalue weighted by molar-refractivity contribution is -0.143. The molecule has 0 radical (unpaired) electrons. The molecule has 1 aromatic carbocycles. The summed E-state index contributed by atoms with van der Waals surface area (Å²) in [5.41, 5.74) is -1.56. The fourth-order valence-corrected chi connectivity index (χ4v) is 4.44. The van der Waals surface area contributed by atoms with E-state index in [-0.39, 0.29) is 18.2 Å². The number of piperidine rings is 1. The number of carbonyl (C=O) groups excluding carboxylic acids is 1. The molecule has 0 atom stereocenters. The molecule has 1 amide bonds. The molecule has 4 rings (SSSR count). The minimum absolute atomic E-state index is 0.0444. The first-order valence-electron chi connectivity index (χ1n) is 11.5. The van der Waals surface area contributed by atoms with E-state index in [9.17, 15) is 31.1 Å². The van der Waals surface area contributed by atoms with Crippen LogP contribution in [0.1, 0.15) is 53.8 Å². The molecule has 35 heavy (non-hydrogen) atoms. The van der Waals surface area contributed by atoms with Crippen LogP contribution in [0.4, 0.5) is 31.1 Å². The maximum atomic E-state index is 13.1. The molecule has 2 aliphatic heterocycles. The number of rotatable bonds is 4. The number of benzene rings is 1. The molecule has 2 aliphatic rings. The number of likely N-dealkylation sites (tertiary alicyclic amines) is 1. The van der Waals surface area contributed by atoms with E-state index in [1.165, 1.54) is 11.3 Å². The zero-order valence-corrected chi connectivity index (χ0v) is 19.0. The monoisotopic (exact) mass is 504 g/mol. The Kier molecular flexibility index (Phi) is 7.30. The Hall–Kier alpha value is -2.76. The Bertz CT molecular complexity index is 1010. The molecule has 0 saturated carbocycles. The Morgan fingerprint density at radius 3 is 2.14 bits per heavy atom. The molecule has 6 nitrogen and oxygen atoms in total. The highest BCUT2D eigenvalue weighted by molar-refractivity contribution is 5.67. The van der Waals surface area contributed by atoms with Gasteiger partial charge in [-0.3, -0.25) is 9.58 Å². The third kappa shape index (κ3) is 6.47. The van der Waals surface area contributed by atoms with Crippen molar-refractivity contribution in [2.24, 2.45) is 0 Å². The molecule has 1 aromatic heterocycles. The molecule has 0 unspecified atom stereocenters. The lowest BCUT2D eigenvalue weighted by Crippen LogP contribution is -2.31. The van der Waals surface area contributed by atoms with Gasteiger partial charge in [0.15, 0.2) is 0 Å². The quantitative estimate of drug-likeness (QED) is 0.520. The van der Waals surface area contributed by atoms with Gasteiger partial charge in [-0.15, -0.1) is 0 Å². The molecule has 12 heteroatoms. The molecule has 0 spiro atoms. The van der Waals surface area contributed by atoms with Gasteiger partial charge in [0.25, 0.3) is 0 Å². The zero-order chi connectivity index (χ0) is 25.2. The molecule has 0 bridgehead atoms. The normalized spacial score (nSPS) is 17.7. The zero-order valence-electron chi connectivity index (χ0n) is 19.0. The Morgan fingerprint density at radius 1 is 0.857 bits per heavy atom. The number of alkyl halides is 6. The van der Waals surface area contributed by atoms with Gasteiger partial charge in [-0.05, 0) is 62.2 Å². The molecule has 2 aromatic rings. The number of fused-ring (bicyclic) bond motifs is 1. The van der Waals surface area contributed by atoms with E-state index in [4.69, 9.17) is 4.74 Å². The first-order chi connectivity index (χ1) is 16.5. The summed E-state index contributed by atoms with van der Waals surface area (Å²) in [7, 11) is 0. The lowest BCUT2D eigenvalue weighted by atomic mass is 10.1. The number of hydrogen-bond donors (Lipinski definition) is 0. The maximum Gasteiger partial charge on any atom is 0.416 e. The van der Waals surface area contributed by atoms with Gasteiger partial charge in [0.1, 0.15) is 6.61 Å². The van der Waals surface area contributed by atoms with E-state index in [0.29, 0.717) is 31.6 Å². The molecular formula is C23H26F6N4O2. The highest BCUT2D eigenvalue weighted by atomic mass is 19.4. The van der Waals surface area contributed by atoms with Crippen molar-refractivity contribution in [1.29, 1.82) is 0 Å². The van der Waals surface area contributed by atoms with Crippen LogP contribution in [-0.2, 0) is 43.3 Å². The van der Waals surface area contributed by atoms with Crippen molar-refractivity contribution in [2.75, 3.05) is 19.6 Å². The summed E-state index contributed by atoms with van der Waals surface area (Å²) in [6.45, 7) is 3.19. The van der Waals surface area contributed by atoms with Crippen LogP contribution in [0.25, 0.3) is 0 Å². The summed E-state index contributed by atoms with van der Waals surface area (Å²) < 4.78 is 85.4. The maximum absolute atomic E-state index is 13.1. The van der Waals surface area contributed by atoms with E-state index in [1.807, 2.05) is 10.7 Å². The summed E-state index contributed by atoms with van der Waals surface area (Å²) in [5, 5.41) is 4.64. The molecular weight excluding hydrogens is 478 g/mol. The van der Waals surface area contributed by atoms with Gasteiger partial charge in [-0.2, -0.15) is 31.4 Å². The fraction of sp³-hybridized carbons (Fsp3) is 0.565. The molecule has 3 heterocycles. The van der Waals surface area contributed by atoms with Crippen molar-refractivity contribution in [2.45, 2.75) is 64.3 Å². The van der Waals surface area contributed by atoms with Crippen LogP contribution in [0.5, 0.6) is 0 Å². The van der Waals surface area contributed by atoms with Gasteiger partial charge in [0, 0.05) is 19.6 Å². The summed E-state index contributed by atoms with van der Waals surface area (Å²) >= 11 is 0. The number of amides is 1. The number of hydrogen-bond acceptors (Lipinski definition) is 4. The largest absolute Gasteiger partial charge is 0.445 e. The summed E-state index contributed by atoms with van der Waals surface area (Å²) in [5.74, 6) is 0. The van der Waals surface area contributed by atoms with Crippen molar-refractivity contribution in [3.8, 4) is 0 Å². The molecule has 0 N–H and O–H groups in total. The van der Waals surface area contributed by atoms with Crippen LogP contribution in [0.15, 0.2) is 24.3 Å². The van der Waals surface area contributed by atoms with E-state index < -0.39 is 36.2 Å². The van der Waals surface area contributed by atoms with Gasteiger partial charge in [-0.25, -0.2) is 4.79 Å². The van der Waals surface area contributed by atoms with Crippen molar-refractivity contribution in [3.63, 3.8) is 0 Å². The SMILES string of the molecule is O=C(OCc1cc(C(F)(F)F)cc(C(F)(F)F)c1)N1CCCn2nc(CN3CCCCC3)cc2C1. The molecule has 192 valence electrons. The average Bonchev–Trinajstić information content (AvgIpc) is 3.05. The first kappa shape index (κ1) is 25.3. The smallest absolute Gasteiger partial charge is 0.416 e. The molecule has 1 fully saturated rings. The van der Waals surface area contributed by atoms with Crippen molar-refractivity contribution >= 4 is 6.09 Å². The Morgan fingerprint density at radius 2 is 1.51 bits per heavy atom. The molecule has 1 saturated heterocycles. The van der Waals surface area contributed by atoms with Crippen LogP contribution in [-0.4, -0.2) is 45.3 Å². The second-order valence-electron chi connectivity index (χ2n) is 8.93. The topological polar surface area (TPSA) is 50.6 Å². The van der Waals surface area contributed by atoms with Crippen LogP contribution in [0.2, 0.25) is 0 Å². The highest BCUT2D eigenvalue weighted by Crippen LogP contribution is 2.36. The van der Waals surface area contributed by atoms with Crippen molar-refractivity contribution in [3.05, 3.63) is 52.3 Å². The minimum atomic E-state index is -4.96. The van der Waals surface area contributed by atoms with E-state index in [0.717, 1.165) is 43.9 Å². The Balaban J connectivity index is 1.41. The predicted octanol–water partition coefficient (Wildman–Crippen LogP) is 5.45. The van der Waals surface area contributed by atoms with Crippen molar-refractivity contribution in [1.82, 2.24) is 19.6 Å². The summed E-state index contributed by atoms with van der Waals surface area (Å²) in [4.78, 5) is 16.4. The summed E-state index contributed by atoms with van der Waals surface area (Å²) in [6.07, 6.45) is -6.60. The number of aryl methyl sites for hydroxylation is 1. The molecule has 0 aliphatic carbocycles. The van der Waals surface area contributed by atoms with Crippen molar-refractivity contribution < 1.29 is 35.9 Å².